The van der Waals surface area contributed by atoms with Gasteiger partial charge in [0.05, 0.1) is 12.0 Å². The number of aromatic nitrogens is 4. The van der Waals surface area contributed by atoms with Gasteiger partial charge in [0.1, 0.15) is 5.03 Å². The lowest BCUT2D eigenvalue weighted by molar-refractivity contribution is 0.642. The Labute approximate surface area is 132 Å². The van der Waals surface area contributed by atoms with Crippen molar-refractivity contribution in [3.8, 4) is 0 Å². The summed E-state index contributed by atoms with van der Waals surface area (Å²) in [6.07, 6.45) is 11.3. The molecule has 0 fully saturated rings. The molecule has 6 heteroatoms. The van der Waals surface area contributed by atoms with Crippen molar-refractivity contribution in [1.29, 1.82) is 0 Å². The smallest absolute Gasteiger partial charge is 0.163 e. The van der Waals surface area contributed by atoms with Gasteiger partial charge in [0.15, 0.2) is 5.82 Å². The summed E-state index contributed by atoms with van der Waals surface area (Å²) in [5.74, 6) is 0.843. The Kier molecular flexibility index (Phi) is 3.52. The molecule has 1 N–H and O–H groups in total. The Balaban J connectivity index is 1.46. The average molecular weight is 309 g/mol. The molecule has 0 atom stereocenters. The van der Waals surface area contributed by atoms with E-state index in [9.17, 15) is 0 Å². The van der Waals surface area contributed by atoms with Gasteiger partial charge in [-0.3, -0.25) is 0 Å². The summed E-state index contributed by atoms with van der Waals surface area (Å²) < 4.78 is 2.11. The molecule has 0 radical (unpaired) electrons. The van der Waals surface area contributed by atoms with E-state index in [1.54, 1.807) is 24.2 Å². The van der Waals surface area contributed by atoms with Crippen LogP contribution in [0.5, 0.6) is 0 Å². The third-order valence-electron chi connectivity index (χ3n) is 3.61. The molecule has 0 spiro atoms. The van der Waals surface area contributed by atoms with Crippen molar-refractivity contribution in [3.05, 3.63) is 54.9 Å². The van der Waals surface area contributed by atoms with Crippen LogP contribution in [0.4, 0.5) is 11.5 Å². The van der Waals surface area contributed by atoms with Crippen molar-refractivity contribution in [3.63, 3.8) is 0 Å². The molecule has 0 aliphatic carbocycles. The number of rotatable bonds is 4. The van der Waals surface area contributed by atoms with Gasteiger partial charge >= 0.3 is 0 Å². The summed E-state index contributed by atoms with van der Waals surface area (Å²) in [5, 5.41) is 4.31. The number of imidazole rings is 1. The first-order chi connectivity index (χ1) is 10.9. The maximum absolute atomic E-state index is 4.35. The molecule has 0 amide bonds. The summed E-state index contributed by atoms with van der Waals surface area (Å²) in [6, 6.07) is 6.58. The number of aryl methyl sites for hydroxylation is 2. The zero-order valence-electron chi connectivity index (χ0n) is 11.9. The highest BCUT2D eigenvalue weighted by molar-refractivity contribution is 7.99. The molecule has 0 saturated heterocycles. The fourth-order valence-electron chi connectivity index (χ4n) is 2.52. The molecule has 3 heterocycles. The van der Waals surface area contributed by atoms with Gasteiger partial charge in [0.2, 0.25) is 0 Å². The van der Waals surface area contributed by atoms with Crippen LogP contribution in [0.25, 0.3) is 0 Å². The topological polar surface area (TPSA) is 55.6 Å². The first-order valence-electron chi connectivity index (χ1n) is 7.23. The molecule has 22 heavy (non-hydrogen) atoms. The third-order valence-corrected chi connectivity index (χ3v) is 4.68. The molecule has 1 aliphatic rings. The van der Waals surface area contributed by atoms with Gasteiger partial charge in [-0.25, -0.2) is 15.0 Å². The molecule has 5 nitrogen and oxygen atoms in total. The molecule has 1 aliphatic heterocycles. The van der Waals surface area contributed by atoms with E-state index in [1.165, 1.54) is 10.5 Å². The number of nitrogens with zero attached hydrogens (tertiary/aromatic N) is 4. The van der Waals surface area contributed by atoms with Crippen LogP contribution in [0, 0.1) is 0 Å². The number of benzene rings is 1. The molecule has 2 aromatic heterocycles. The van der Waals surface area contributed by atoms with E-state index in [4.69, 9.17) is 0 Å². The van der Waals surface area contributed by atoms with E-state index in [0.29, 0.717) is 0 Å². The maximum Gasteiger partial charge on any atom is 0.163 e. The number of hydrogen-bond acceptors (Lipinski definition) is 5. The van der Waals surface area contributed by atoms with Crippen LogP contribution in [0.3, 0.4) is 0 Å². The van der Waals surface area contributed by atoms with Crippen molar-refractivity contribution < 1.29 is 0 Å². The lowest BCUT2D eigenvalue weighted by Gasteiger charge is -2.19. The predicted molar refractivity (Wildman–Crippen MR) is 86.4 cm³/mol. The second-order valence-electron chi connectivity index (χ2n) is 5.17. The summed E-state index contributed by atoms with van der Waals surface area (Å²) in [7, 11) is 0. The lowest BCUT2D eigenvalue weighted by atomic mass is 10.1. The molecule has 1 aromatic carbocycles. The van der Waals surface area contributed by atoms with E-state index >= 15 is 0 Å². The fraction of sp³-hybridized carbons (Fsp3) is 0.188. The van der Waals surface area contributed by atoms with Gasteiger partial charge in [-0.05, 0) is 30.5 Å². The van der Waals surface area contributed by atoms with Crippen LogP contribution < -0.4 is 5.32 Å². The third kappa shape index (κ3) is 2.69. The van der Waals surface area contributed by atoms with Gasteiger partial charge in [-0.1, -0.05) is 17.8 Å². The van der Waals surface area contributed by atoms with Crippen molar-refractivity contribution in [2.24, 2.45) is 0 Å². The van der Waals surface area contributed by atoms with Crippen LogP contribution >= 0.6 is 11.8 Å². The minimum Gasteiger partial charge on any atom is -0.337 e. The fourth-order valence-corrected chi connectivity index (χ4v) is 3.40. The van der Waals surface area contributed by atoms with Crippen LogP contribution in [0.15, 0.2) is 59.2 Å². The zero-order chi connectivity index (χ0) is 14.8. The molecule has 0 saturated carbocycles. The highest BCUT2D eigenvalue weighted by atomic mass is 32.2. The summed E-state index contributed by atoms with van der Waals surface area (Å²) in [5.41, 5.74) is 2.46. The van der Waals surface area contributed by atoms with Crippen LogP contribution in [0.1, 0.15) is 12.0 Å². The molecule has 4 rings (SSSR count). The second-order valence-corrected chi connectivity index (χ2v) is 6.20. The Morgan fingerprint density at radius 1 is 1.14 bits per heavy atom. The average Bonchev–Trinajstić information content (AvgIpc) is 3.06. The second kappa shape index (κ2) is 5.81. The van der Waals surface area contributed by atoms with Gasteiger partial charge in [-0.2, -0.15) is 0 Å². The molecule has 0 bridgehead atoms. The monoisotopic (exact) mass is 309 g/mol. The van der Waals surface area contributed by atoms with Crippen molar-refractivity contribution in [2.45, 2.75) is 29.3 Å². The van der Waals surface area contributed by atoms with Crippen molar-refractivity contribution in [2.75, 3.05) is 5.32 Å². The lowest BCUT2D eigenvalue weighted by Crippen LogP contribution is -2.04. The van der Waals surface area contributed by atoms with Gasteiger partial charge in [0, 0.05) is 36.2 Å². The van der Waals surface area contributed by atoms with E-state index in [2.05, 4.69) is 43.0 Å². The van der Waals surface area contributed by atoms with E-state index < -0.39 is 0 Å². The van der Waals surface area contributed by atoms with Gasteiger partial charge < -0.3 is 9.88 Å². The Morgan fingerprint density at radius 2 is 2.09 bits per heavy atom. The zero-order valence-corrected chi connectivity index (χ0v) is 12.8. The minimum absolute atomic E-state index is 0.843. The molecular weight excluding hydrogens is 294 g/mol. The van der Waals surface area contributed by atoms with Gasteiger partial charge in [0.25, 0.3) is 0 Å². The van der Waals surface area contributed by atoms with Crippen molar-refractivity contribution in [1.82, 2.24) is 19.5 Å². The normalized spacial score (nSPS) is 12.4. The van der Waals surface area contributed by atoms with Gasteiger partial charge in [-0.15, -0.1) is 0 Å². The number of fused-ring (bicyclic) bond motifs is 2. The number of hydrogen-bond donors (Lipinski definition) is 1. The van der Waals surface area contributed by atoms with E-state index in [1.807, 2.05) is 18.7 Å². The summed E-state index contributed by atoms with van der Waals surface area (Å²) in [4.78, 5) is 14.0. The Morgan fingerprint density at radius 3 is 3.00 bits per heavy atom. The van der Waals surface area contributed by atoms with E-state index in [0.717, 1.165) is 35.9 Å². The SMILES string of the molecule is c1cn(CCCc2ccc3c(c2)Nc2nccnc2S3)cn1. The molecular formula is C16H15N5S. The first-order valence-corrected chi connectivity index (χ1v) is 8.05. The predicted octanol–water partition coefficient (Wildman–Crippen LogP) is 3.51. The Hall–Kier alpha value is -2.34. The van der Waals surface area contributed by atoms with Crippen LogP contribution in [-0.4, -0.2) is 19.5 Å². The standard InChI is InChI=1S/C16H15N5S/c1(8-21-9-7-17-11-21)2-12-3-4-14-13(10-12)20-15-16(22-14)19-6-5-18-15/h3-7,9-11H,1-2,8H2,(H,18,20). The molecule has 3 aromatic rings. The quantitative estimate of drug-likeness (QED) is 0.625. The Bertz CT molecular complexity index is 785. The molecule has 0 unspecified atom stereocenters. The summed E-state index contributed by atoms with van der Waals surface area (Å²) >= 11 is 1.66. The largest absolute Gasteiger partial charge is 0.337 e. The van der Waals surface area contributed by atoms with Crippen LogP contribution in [0.2, 0.25) is 0 Å². The van der Waals surface area contributed by atoms with Crippen molar-refractivity contribution >= 4 is 23.3 Å². The highest BCUT2D eigenvalue weighted by Crippen LogP contribution is 2.42. The minimum atomic E-state index is 0.843. The van der Waals surface area contributed by atoms with E-state index in [-0.39, 0.29) is 0 Å². The number of nitrogens with one attached hydrogen (secondary N) is 1. The van der Waals surface area contributed by atoms with Crippen LogP contribution in [-0.2, 0) is 13.0 Å². The number of anilines is 2. The summed E-state index contributed by atoms with van der Waals surface area (Å²) in [6.45, 7) is 0.994. The maximum atomic E-state index is 4.35. The molecule has 110 valence electrons. The first kappa shape index (κ1) is 13.3. The highest BCUT2D eigenvalue weighted by Gasteiger charge is 2.17.